The van der Waals surface area contributed by atoms with E-state index in [2.05, 4.69) is 22.0 Å². The Morgan fingerprint density at radius 1 is 1.50 bits per heavy atom. The van der Waals surface area contributed by atoms with Crippen molar-refractivity contribution in [2.24, 2.45) is 5.92 Å². The van der Waals surface area contributed by atoms with Gasteiger partial charge in [0.15, 0.2) is 0 Å². The molecule has 2 aromatic rings. The molecular formula is C17H16N2O3. The number of carboxylic acids is 1. The number of aryl methyl sites for hydroxylation is 1. The van der Waals surface area contributed by atoms with E-state index in [1.807, 2.05) is 12.1 Å². The third-order valence-corrected chi connectivity index (χ3v) is 3.50. The number of hydrogen-bond donors (Lipinski definition) is 2. The zero-order valence-corrected chi connectivity index (χ0v) is 12.2. The summed E-state index contributed by atoms with van der Waals surface area (Å²) in [6, 6.07) is 7.27. The smallest absolute Gasteiger partial charge is 0.343 e. The van der Waals surface area contributed by atoms with Crippen LogP contribution in [0, 0.1) is 24.7 Å². The number of aromatic carboxylic acids is 1. The Balaban J connectivity index is 1.77. The fourth-order valence-corrected chi connectivity index (χ4v) is 2.10. The maximum atomic E-state index is 11.2. The summed E-state index contributed by atoms with van der Waals surface area (Å²) in [6.07, 6.45) is 3.51. The molecule has 3 rings (SSSR count). The van der Waals surface area contributed by atoms with Crippen LogP contribution in [0.25, 0.3) is 0 Å². The summed E-state index contributed by atoms with van der Waals surface area (Å²) >= 11 is 0. The van der Waals surface area contributed by atoms with Gasteiger partial charge in [-0.15, -0.1) is 5.10 Å². The number of ether oxygens (including phenoxy) is 1. The van der Waals surface area contributed by atoms with Crippen LogP contribution in [-0.2, 0) is 0 Å². The quantitative estimate of drug-likeness (QED) is 0.848. The van der Waals surface area contributed by atoms with E-state index in [0.29, 0.717) is 11.4 Å². The number of aromatic nitrogens is 2. The zero-order chi connectivity index (χ0) is 15.5. The van der Waals surface area contributed by atoms with E-state index >= 15 is 0 Å². The highest BCUT2D eigenvalue weighted by molar-refractivity contribution is 5.91. The van der Waals surface area contributed by atoms with Crippen LogP contribution < -0.4 is 4.74 Å². The maximum Gasteiger partial charge on any atom is 0.343 e. The van der Waals surface area contributed by atoms with Gasteiger partial charge >= 0.3 is 5.97 Å². The number of rotatable bonds is 4. The van der Waals surface area contributed by atoms with Crippen LogP contribution in [0.5, 0.6) is 11.6 Å². The average molecular weight is 296 g/mol. The fraction of sp³-hybridized carbons (Fsp3) is 0.294. The van der Waals surface area contributed by atoms with Crippen molar-refractivity contribution in [1.29, 1.82) is 0 Å². The lowest BCUT2D eigenvalue weighted by molar-refractivity contribution is 0.0693. The van der Waals surface area contributed by atoms with Crippen molar-refractivity contribution in [3.8, 4) is 23.5 Å². The van der Waals surface area contributed by atoms with Crippen molar-refractivity contribution in [3.05, 3.63) is 41.1 Å². The summed E-state index contributed by atoms with van der Waals surface area (Å²) in [4.78, 5) is 11.2. The Kier molecular flexibility index (Phi) is 3.84. The Bertz CT molecular complexity index is 764. The number of nitrogens with zero attached hydrogens (tertiary/aromatic N) is 1. The second-order valence-electron chi connectivity index (χ2n) is 5.41. The van der Waals surface area contributed by atoms with E-state index in [1.54, 1.807) is 19.1 Å². The molecule has 1 saturated carbocycles. The zero-order valence-electron chi connectivity index (χ0n) is 12.2. The SMILES string of the molecule is Cc1[nH]nc(Oc2cccc(C#CCC3CC3)c2)c1C(=O)O. The number of H-pyrrole nitrogens is 1. The molecule has 0 bridgehead atoms. The van der Waals surface area contributed by atoms with Crippen molar-refractivity contribution in [1.82, 2.24) is 10.2 Å². The van der Waals surface area contributed by atoms with Gasteiger partial charge in [-0.05, 0) is 43.9 Å². The number of aromatic amines is 1. The second-order valence-corrected chi connectivity index (χ2v) is 5.41. The van der Waals surface area contributed by atoms with E-state index in [-0.39, 0.29) is 11.4 Å². The minimum Gasteiger partial charge on any atom is -0.477 e. The molecule has 0 saturated heterocycles. The molecule has 1 fully saturated rings. The topological polar surface area (TPSA) is 75.2 Å². The molecule has 2 N–H and O–H groups in total. The lowest BCUT2D eigenvalue weighted by Crippen LogP contribution is -1.99. The Morgan fingerprint density at radius 3 is 3.05 bits per heavy atom. The molecule has 0 aliphatic heterocycles. The van der Waals surface area contributed by atoms with Crippen LogP contribution in [-0.4, -0.2) is 21.3 Å². The molecule has 0 atom stereocenters. The Morgan fingerprint density at radius 2 is 2.32 bits per heavy atom. The van der Waals surface area contributed by atoms with Gasteiger partial charge in [0, 0.05) is 12.0 Å². The molecule has 5 nitrogen and oxygen atoms in total. The van der Waals surface area contributed by atoms with Gasteiger partial charge in [0.2, 0.25) is 0 Å². The molecule has 1 aromatic heterocycles. The third-order valence-electron chi connectivity index (χ3n) is 3.50. The first-order chi connectivity index (χ1) is 10.6. The summed E-state index contributed by atoms with van der Waals surface area (Å²) in [7, 11) is 0. The molecule has 1 heterocycles. The number of benzene rings is 1. The summed E-state index contributed by atoms with van der Waals surface area (Å²) in [5.74, 6) is 6.57. The first kappa shape index (κ1) is 14.2. The normalized spacial score (nSPS) is 13.3. The Labute approximate surface area is 128 Å². The Hall–Kier alpha value is -2.74. The first-order valence-electron chi connectivity index (χ1n) is 7.18. The van der Waals surface area contributed by atoms with E-state index in [1.165, 1.54) is 12.8 Å². The highest BCUT2D eigenvalue weighted by atomic mass is 16.5. The van der Waals surface area contributed by atoms with Crippen LogP contribution in [0.4, 0.5) is 0 Å². The highest BCUT2D eigenvalue weighted by Gasteiger charge is 2.20. The first-order valence-corrected chi connectivity index (χ1v) is 7.18. The molecule has 1 aromatic carbocycles. The van der Waals surface area contributed by atoms with Gasteiger partial charge in [0.05, 0.1) is 5.69 Å². The summed E-state index contributed by atoms with van der Waals surface area (Å²) in [5.41, 5.74) is 1.36. The molecule has 1 aliphatic rings. The number of carbonyl (C=O) groups is 1. The number of carboxylic acid groups (broad SMARTS) is 1. The summed E-state index contributed by atoms with van der Waals surface area (Å²) < 4.78 is 5.58. The predicted octanol–water partition coefficient (Wildman–Crippen LogP) is 3.36. The van der Waals surface area contributed by atoms with Crippen LogP contribution in [0.1, 0.15) is 40.9 Å². The van der Waals surface area contributed by atoms with Crippen molar-refractivity contribution >= 4 is 5.97 Å². The van der Waals surface area contributed by atoms with Gasteiger partial charge in [0.25, 0.3) is 5.88 Å². The standard InChI is InChI=1S/C17H16N2O3/c1-11-15(17(20)21)16(19-18-11)22-14-7-3-6-13(10-14)5-2-4-12-8-9-12/h3,6-7,10,12H,4,8-9H2,1H3,(H,18,19)(H,20,21). The van der Waals surface area contributed by atoms with E-state index < -0.39 is 5.97 Å². The van der Waals surface area contributed by atoms with E-state index in [9.17, 15) is 9.90 Å². The minimum absolute atomic E-state index is 0.0465. The monoisotopic (exact) mass is 296 g/mol. The highest BCUT2D eigenvalue weighted by Crippen LogP contribution is 2.31. The van der Waals surface area contributed by atoms with Gasteiger partial charge in [-0.1, -0.05) is 17.9 Å². The van der Waals surface area contributed by atoms with E-state index in [0.717, 1.165) is 17.9 Å². The lowest BCUT2D eigenvalue weighted by Gasteiger charge is -2.03. The van der Waals surface area contributed by atoms with Crippen molar-refractivity contribution in [2.75, 3.05) is 0 Å². The molecule has 22 heavy (non-hydrogen) atoms. The van der Waals surface area contributed by atoms with Gasteiger partial charge in [0.1, 0.15) is 11.3 Å². The van der Waals surface area contributed by atoms with Crippen LogP contribution >= 0.6 is 0 Å². The number of nitrogens with one attached hydrogen (secondary N) is 1. The van der Waals surface area contributed by atoms with Crippen molar-refractivity contribution in [2.45, 2.75) is 26.2 Å². The van der Waals surface area contributed by atoms with Gasteiger partial charge in [-0.25, -0.2) is 4.79 Å². The van der Waals surface area contributed by atoms with Gasteiger partial charge in [-0.2, -0.15) is 0 Å². The van der Waals surface area contributed by atoms with E-state index in [4.69, 9.17) is 4.74 Å². The second kappa shape index (κ2) is 5.94. The largest absolute Gasteiger partial charge is 0.477 e. The van der Waals surface area contributed by atoms with Crippen LogP contribution in [0.15, 0.2) is 24.3 Å². The molecule has 1 aliphatic carbocycles. The van der Waals surface area contributed by atoms with Crippen molar-refractivity contribution in [3.63, 3.8) is 0 Å². The minimum atomic E-state index is -1.07. The molecule has 0 radical (unpaired) electrons. The summed E-state index contributed by atoms with van der Waals surface area (Å²) in [5, 5.41) is 15.7. The lowest BCUT2D eigenvalue weighted by atomic mass is 10.2. The van der Waals surface area contributed by atoms with Crippen molar-refractivity contribution < 1.29 is 14.6 Å². The van der Waals surface area contributed by atoms with Gasteiger partial charge < -0.3 is 9.84 Å². The molecule has 0 amide bonds. The third kappa shape index (κ3) is 3.29. The molecule has 112 valence electrons. The van der Waals surface area contributed by atoms with Crippen LogP contribution in [0.2, 0.25) is 0 Å². The molecule has 0 spiro atoms. The average Bonchev–Trinajstić information content (AvgIpc) is 3.22. The summed E-state index contributed by atoms with van der Waals surface area (Å²) in [6.45, 7) is 1.64. The molecule has 0 unspecified atom stereocenters. The van der Waals surface area contributed by atoms with Gasteiger partial charge in [-0.3, -0.25) is 5.10 Å². The predicted molar refractivity (Wildman–Crippen MR) is 81.0 cm³/mol. The van der Waals surface area contributed by atoms with Crippen LogP contribution in [0.3, 0.4) is 0 Å². The maximum absolute atomic E-state index is 11.2. The molecular weight excluding hydrogens is 280 g/mol. The molecule has 5 heteroatoms. The number of hydrogen-bond acceptors (Lipinski definition) is 3. The fourth-order valence-electron chi connectivity index (χ4n) is 2.10.